The topological polar surface area (TPSA) is 59.0 Å². The Morgan fingerprint density at radius 3 is 2.60 bits per heavy atom. The first-order valence-corrected chi connectivity index (χ1v) is 7.14. The van der Waals surface area contributed by atoms with Gasteiger partial charge in [0.15, 0.2) is 0 Å². The van der Waals surface area contributed by atoms with Gasteiger partial charge >= 0.3 is 0 Å². The van der Waals surface area contributed by atoms with Crippen molar-refractivity contribution >= 4 is 15.9 Å². The van der Waals surface area contributed by atoms with Crippen molar-refractivity contribution in [1.29, 1.82) is 5.26 Å². The number of halogens is 1. The molecule has 0 spiro atoms. The molecule has 0 aliphatic rings. The maximum Gasteiger partial charge on any atom is 0.137 e. The zero-order valence-corrected chi connectivity index (χ0v) is 12.6. The molecule has 3 nitrogen and oxygen atoms in total. The first kappa shape index (κ1) is 14.6. The minimum absolute atomic E-state index is 0.365. The number of nitrogens with two attached hydrogens (primary N) is 1. The molecule has 0 saturated carbocycles. The first-order chi connectivity index (χ1) is 9.76. The highest BCUT2D eigenvalue weighted by Crippen LogP contribution is 2.30. The first-order valence-electron chi connectivity index (χ1n) is 6.34. The summed E-state index contributed by atoms with van der Waals surface area (Å²) < 4.78 is 6.80. The van der Waals surface area contributed by atoms with E-state index < -0.39 is 0 Å². The molecule has 2 aromatic carbocycles. The second-order valence-corrected chi connectivity index (χ2v) is 5.18. The summed E-state index contributed by atoms with van der Waals surface area (Å²) in [6.45, 7) is 0.936. The maximum absolute atomic E-state index is 9.08. The number of hydrogen-bond acceptors (Lipinski definition) is 3. The largest absolute Gasteiger partial charge is 0.487 e. The van der Waals surface area contributed by atoms with Crippen LogP contribution in [0.3, 0.4) is 0 Å². The molecule has 0 bridgehead atoms. The van der Waals surface area contributed by atoms with Gasteiger partial charge in [0.2, 0.25) is 0 Å². The van der Waals surface area contributed by atoms with Crippen LogP contribution in [-0.4, -0.2) is 6.54 Å². The number of benzene rings is 2. The monoisotopic (exact) mass is 330 g/mol. The van der Waals surface area contributed by atoms with E-state index in [9.17, 15) is 0 Å². The molecule has 102 valence electrons. The Morgan fingerprint density at radius 1 is 1.10 bits per heavy atom. The maximum atomic E-state index is 9.08. The van der Waals surface area contributed by atoms with Gasteiger partial charge in [-0.3, -0.25) is 0 Å². The lowest BCUT2D eigenvalue weighted by Gasteiger charge is -2.13. The van der Waals surface area contributed by atoms with E-state index in [1.807, 2.05) is 36.4 Å². The fourth-order valence-electron chi connectivity index (χ4n) is 1.97. The summed E-state index contributed by atoms with van der Waals surface area (Å²) in [5.74, 6) is 0.797. The van der Waals surface area contributed by atoms with Crippen molar-refractivity contribution in [2.75, 3.05) is 6.54 Å². The van der Waals surface area contributed by atoms with E-state index in [-0.39, 0.29) is 0 Å². The van der Waals surface area contributed by atoms with Gasteiger partial charge in [-0.2, -0.15) is 5.26 Å². The highest BCUT2D eigenvalue weighted by atomic mass is 79.9. The Bertz CT molecular complexity index is 635. The molecule has 4 heteroatoms. The van der Waals surface area contributed by atoms with Crippen molar-refractivity contribution < 1.29 is 4.74 Å². The van der Waals surface area contributed by atoms with Crippen LogP contribution in [0.25, 0.3) is 0 Å². The summed E-state index contributed by atoms with van der Waals surface area (Å²) in [5, 5.41) is 9.08. The van der Waals surface area contributed by atoms with E-state index in [4.69, 9.17) is 15.7 Å². The van der Waals surface area contributed by atoms with Crippen molar-refractivity contribution in [3.63, 3.8) is 0 Å². The lowest BCUT2D eigenvalue weighted by Crippen LogP contribution is -2.06. The van der Waals surface area contributed by atoms with Gasteiger partial charge in [-0.05, 0) is 46.6 Å². The van der Waals surface area contributed by atoms with Crippen LogP contribution in [-0.2, 0) is 13.0 Å². The average Bonchev–Trinajstić information content (AvgIpc) is 2.47. The number of ether oxygens (including phenoxy) is 1. The van der Waals surface area contributed by atoms with Crippen molar-refractivity contribution in [1.82, 2.24) is 0 Å². The van der Waals surface area contributed by atoms with Gasteiger partial charge in [0.25, 0.3) is 0 Å². The minimum atomic E-state index is 0.365. The van der Waals surface area contributed by atoms with Gasteiger partial charge in [0.05, 0.1) is 16.1 Å². The number of rotatable bonds is 5. The molecule has 0 atom stereocenters. The van der Waals surface area contributed by atoms with Crippen LogP contribution in [0.15, 0.2) is 46.9 Å². The summed E-state index contributed by atoms with van der Waals surface area (Å²) in [6, 6.07) is 15.5. The molecule has 0 fully saturated rings. The highest BCUT2D eigenvalue weighted by molar-refractivity contribution is 9.10. The van der Waals surface area contributed by atoms with Gasteiger partial charge in [0, 0.05) is 5.56 Å². The predicted octanol–water partition coefficient (Wildman–Crippen LogP) is 3.40. The summed E-state index contributed by atoms with van der Waals surface area (Å²) in [7, 11) is 0. The van der Waals surface area contributed by atoms with Gasteiger partial charge in [-0.25, -0.2) is 0 Å². The van der Waals surface area contributed by atoms with Crippen molar-refractivity contribution in [3.05, 3.63) is 63.6 Å². The Hall–Kier alpha value is -1.83. The number of para-hydroxylation sites is 1. The third-order valence-corrected chi connectivity index (χ3v) is 3.60. The normalized spacial score (nSPS) is 10.1. The second kappa shape index (κ2) is 7.09. The molecule has 0 radical (unpaired) electrons. The van der Waals surface area contributed by atoms with E-state index in [1.54, 1.807) is 6.07 Å². The van der Waals surface area contributed by atoms with E-state index in [0.717, 1.165) is 27.8 Å². The molecule has 0 aliphatic heterocycles. The zero-order chi connectivity index (χ0) is 14.4. The zero-order valence-electron chi connectivity index (χ0n) is 11.0. The molecule has 0 amide bonds. The summed E-state index contributed by atoms with van der Waals surface area (Å²) in [5.41, 5.74) is 8.20. The Labute approximate surface area is 127 Å². The fourth-order valence-corrected chi connectivity index (χ4v) is 2.49. The second-order valence-electron chi connectivity index (χ2n) is 4.32. The number of nitriles is 1. The fraction of sp³-hybridized carbons (Fsp3) is 0.188. The predicted molar refractivity (Wildman–Crippen MR) is 82.4 cm³/mol. The van der Waals surface area contributed by atoms with Crippen molar-refractivity contribution in [2.45, 2.75) is 13.0 Å². The molecule has 20 heavy (non-hydrogen) atoms. The third kappa shape index (κ3) is 3.38. The SMILES string of the molecule is N#Cc1ccccc1COc1c(Br)cccc1CCN. The minimum Gasteiger partial charge on any atom is -0.487 e. The lowest BCUT2D eigenvalue weighted by molar-refractivity contribution is 0.300. The standard InChI is InChI=1S/C16H15BrN2O/c17-15-7-3-6-12(8-9-18)16(15)20-11-14-5-2-1-4-13(14)10-19/h1-7H,8-9,11,18H2. The van der Waals surface area contributed by atoms with E-state index in [0.29, 0.717) is 18.7 Å². The Morgan fingerprint density at radius 2 is 1.85 bits per heavy atom. The summed E-state index contributed by atoms with van der Waals surface area (Å²) >= 11 is 3.50. The molecule has 2 rings (SSSR count). The number of nitrogens with zero attached hydrogens (tertiary/aromatic N) is 1. The van der Waals surface area contributed by atoms with Crippen LogP contribution in [0, 0.1) is 11.3 Å². The van der Waals surface area contributed by atoms with Gasteiger partial charge in [-0.1, -0.05) is 30.3 Å². The van der Waals surface area contributed by atoms with Gasteiger partial charge < -0.3 is 10.5 Å². The van der Waals surface area contributed by atoms with E-state index in [1.165, 1.54) is 0 Å². The van der Waals surface area contributed by atoms with Gasteiger partial charge in [0.1, 0.15) is 12.4 Å². The van der Waals surface area contributed by atoms with Gasteiger partial charge in [-0.15, -0.1) is 0 Å². The van der Waals surface area contributed by atoms with Crippen LogP contribution in [0.4, 0.5) is 0 Å². The lowest BCUT2D eigenvalue weighted by atomic mass is 10.1. The molecular formula is C16H15BrN2O. The molecule has 2 N–H and O–H groups in total. The van der Waals surface area contributed by atoms with Crippen LogP contribution in [0.5, 0.6) is 5.75 Å². The quantitative estimate of drug-likeness (QED) is 0.913. The van der Waals surface area contributed by atoms with Crippen LogP contribution in [0.1, 0.15) is 16.7 Å². The molecule has 0 unspecified atom stereocenters. The molecular weight excluding hydrogens is 316 g/mol. The van der Waals surface area contributed by atoms with Crippen molar-refractivity contribution in [2.24, 2.45) is 5.73 Å². The van der Waals surface area contributed by atoms with E-state index >= 15 is 0 Å². The molecule has 0 saturated heterocycles. The Balaban J connectivity index is 2.21. The van der Waals surface area contributed by atoms with Crippen molar-refractivity contribution in [3.8, 4) is 11.8 Å². The average molecular weight is 331 g/mol. The van der Waals surface area contributed by atoms with Crippen LogP contribution in [0.2, 0.25) is 0 Å². The summed E-state index contributed by atoms with van der Waals surface area (Å²) in [6.07, 6.45) is 0.759. The molecule has 0 heterocycles. The molecule has 2 aromatic rings. The molecule has 0 aromatic heterocycles. The molecule has 0 aliphatic carbocycles. The van der Waals surface area contributed by atoms with Crippen LogP contribution >= 0.6 is 15.9 Å². The Kier molecular flexibility index (Phi) is 5.16. The van der Waals surface area contributed by atoms with E-state index in [2.05, 4.69) is 22.0 Å². The summed E-state index contributed by atoms with van der Waals surface area (Å²) in [4.78, 5) is 0. The highest BCUT2D eigenvalue weighted by Gasteiger charge is 2.09. The third-order valence-electron chi connectivity index (χ3n) is 2.97. The number of hydrogen-bond donors (Lipinski definition) is 1. The van der Waals surface area contributed by atoms with Crippen LogP contribution < -0.4 is 10.5 Å². The smallest absolute Gasteiger partial charge is 0.137 e.